The number of hydrogen-bond donors (Lipinski definition) is 0. The van der Waals surface area contributed by atoms with E-state index in [0.29, 0.717) is 22.8 Å². The molecule has 0 N–H and O–H groups in total. The number of benzene rings is 2. The van der Waals surface area contributed by atoms with Crippen molar-refractivity contribution in [3.8, 4) is 29.4 Å². The fourth-order valence-corrected chi connectivity index (χ4v) is 5.28. The Morgan fingerprint density at radius 2 is 1.61 bits per heavy atom. The van der Waals surface area contributed by atoms with Gasteiger partial charge in [0, 0.05) is 12.1 Å². The van der Waals surface area contributed by atoms with Gasteiger partial charge < -0.3 is 23.8 Å². The van der Waals surface area contributed by atoms with Crippen LogP contribution in [0, 0.1) is 28.1 Å². The first-order valence-corrected chi connectivity index (χ1v) is 11.6. The molecule has 0 radical (unpaired) electrons. The maximum absolute atomic E-state index is 13.8. The summed E-state index contributed by atoms with van der Waals surface area (Å²) in [6.45, 7) is 5.36. The molecule has 186 valence electrons. The number of nitrogens with zero attached hydrogens (tertiary/aromatic N) is 3. The highest BCUT2D eigenvalue weighted by atomic mass is 16.6. The normalized spacial score (nSPS) is 21.4. The summed E-state index contributed by atoms with van der Waals surface area (Å²) >= 11 is 0. The number of fused-ring (bicyclic) bond motifs is 3. The van der Waals surface area contributed by atoms with Gasteiger partial charge in [0.05, 0.1) is 39.5 Å². The Morgan fingerprint density at radius 3 is 2.14 bits per heavy atom. The van der Waals surface area contributed by atoms with Crippen molar-refractivity contribution in [3.63, 3.8) is 0 Å². The molecule has 0 aromatic heterocycles. The average Bonchev–Trinajstić information content (AvgIpc) is 3.18. The van der Waals surface area contributed by atoms with Gasteiger partial charge in [0.2, 0.25) is 5.75 Å². The minimum absolute atomic E-state index is 0.361. The molecule has 2 heterocycles. The Bertz CT molecular complexity index is 1260. The molecule has 2 aromatic carbocycles. The van der Waals surface area contributed by atoms with Gasteiger partial charge in [-0.05, 0) is 55.7 Å². The topological polar surface area (TPSA) is 105 Å². The summed E-state index contributed by atoms with van der Waals surface area (Å²) in [5.74, 6) is -0.321. The molecular formula is C28H29N3O5. The van der Waals surface area contributed by atoms with E-state index < -0.39 is 35.0 Å². The van der Waals surface area contributed by atoms with E-state index in [1.54, 1.807) is 44.0 Å². The van der Waals surface area contributed by atoms with Crippen LogP contribution in [-0.2, 0) is 9.53 Å². The molecule has 0 unspecified atom stereocenters. The van der Waals surface area contributed by atoms with E-state index in [1.807, 2.05) is 30.3 Å². The van der Waals surface area contributed by atoms with Gasteiger partial charge in [-0.15, -0.1) is 0 Å². The van der Waals surface area contributed by atoms with E-state index in [-0.39, 0.29) is 0 Å². The SMILES string of the molecule is COc1cc([C@@H]2[C@H](C(=O)OC(C)(C)C)N3C=Cc4ccccc4[C@H]3C2(C#N)C#N)cc(OC)c1OC. The molecule has 4 rings (SSSR count). The van der Waals surface area contributed by atoms with Gasteiger partial charge in [0.25, 0.3) is 0 Å². The van der Waals surface area contributed by atoms with Crippen LogP contribution in [-0.4, -0.2) is 43.8 Å². The number of esters is 1. The summed E-state index contributed by atoms with van der Waals surface area (Å²) in [5.41, 5.74) is -0.182. The van der Waals surface area contributed by atoms with Gasteiger partial charge in [0.15, 0.2) is 16.9 Å². The largest absolute Gasteiger partial charge is 0.493 e. The van der Waals surface area contributed by atoms with Crippen LogP contribution in [0.25, 0.3) is 6.08 Å². The summed E-state index contributed by atoms with van der Waals surface area (Å²) in [6.07, 6.45) is 3.67. The van der Waals surface area contributed by atoms with Crippen LogP contribution < -0.4 is 14.2 Å². The van der Waals surface area contributed by atoms with Crippen LogP contribution in [0.15, 0.2) is 42.6 Å². The molecule has 2 aliphatic heterocycles. The molecule has 0 bridgehead atoms. The zero-order valence-electron chi connectivity index (χ0n) is 21.2. The second-order valence-corrected chi connectivity index (χ2v) is 9.80. The van der Waals surface area contributed by atoms with E-state index in [1.165, 1.54) is 21.3 Å². The molecule has 36 heavy (non-hydrogen) atoms. The number of hydrogen-bond acceptors (Lipinski definition) is 8. The van der Waals surface area contributed by atoms with Crippen LogP contribution in [0.2, 0.25) is 0 Å². The fraction of sp³-hybridized carbons (Fsp3) is 0.393. The summed E-state index contributed by atoms with van der Waals surface area (Å²) in [4.78, 5) is 15.5. The highest BCUT2D eigenvalue weighted by molar-refractivity contribution is 5.81. The molecule has 8 heteroatoms. The lowest BCUT2D eigenvalue weighted by Gasteiger charge is -2.34. The maximum atomic E-state index is 13.8. The van der Waals surface area contributed by atoms with Crippen LogP contribution >= 0.6 is 0 Å². The average molecular weight is 488 g/mol. The number of nitriles is 2. The van der Waals surface area contributed by atoms with Gasteiger partial charge >= 0.3 is 5.97 Å². The number of carbonyl (C=O) groups excluding carboxylic acids is 1. The third-order valence-corrected chi connectivity index (χ3v) is 6.64. The number of carbonyl (C=O) groups is 1. The molecular weight excluding hydrogens is 458 g/mol. The highest BCUT2D eigenvalue weighted by Gasteiger charge is 2.64. The molecule has 0 amide bonds. The minimum atomic E-state index is -1.63. The number of ether oxygens (including phenoxy) is 4. The minimum Gasteiger partial charge on any atom is -0.493 e. The van der Waals surface area contributed by atoms with E-state index >= 15 is 0 Å². The molecule has 0 saturated carbocycles. The molecule has 0 aliphatic carbocycles. The molecule has 1 saturated heterocycles. The van der Waals surface area contributed by atoms with Crippen LogP contribution in [0.1, 0.15) is 49.4 Å². The van der Waals surface area contributed by atoms with Crippen molar-refractivity contribution < 1.29 is 23.7 Å². The lowest BCUT2D eigenvalue weighted by atomic mass is 9.68. The quantitative estimate of drug-likeness (QED) is 0.565. The van der Waals surface area contributed by atoms with Crippen molar-refractivity contribution in [1.29, 1.82) is 10.5 Å². The van der Waals surface area contributed by atoms with Gasteiger partial charge in [-0.3, -0.25) is 0 Å². The summed E-state index contributed by atoms with van der Waals surface area (Å²) < 4.78 is 22.4. The van der Waals surface area contributed by atoms with Gasteiger partial charge in [0.1, 0.15) is 11.6 Å². The number of rotatable bonds is 5. The van der Waals surface area contributed by atoms with Crippen LogP contribution in [0.4, 0.5) is 0 Å². The number of methoxy groups -OCH3 is 3. The Balaban J connectivity index is 2.02. The lowest BCUT2D eigenvalue weighted by molar-refractivity contribution is -0.160. The monoisotopic (exact) mass is 487 g/mol. The summed E-state index contributed by atoms with van der Waals surface area (Å²) in [7, 11) is 4.48. The molecule has 3 atom stereocenters. The lowest BCUT2D eigenvalue weighted by Crippen LogP contribution is -2.41. The van der Waals surface area contributed by atoms with Crippen molar-refractivity contribution in [3.05, 3.63) is 59.3 Å². The Hall–Kier alpha value is -4.17. The van der Waals surface area contributed by atoms with E-state index in [0.717, 1.165) is 11.1 Å². The standard InChI is InChI=1S/C28H29N3O5/c1-27(2,3)36-26(32)23-22(18-13-20(33-4)24(35-6)21(14-18)34-5)28(15-29,16-30)25-19-10-8-7-9-17(19)11-12-31(23)25/h7-14,22-23,25H,1-6H3/t22-,23-,25+/m1/s1. The zero-order valence-corrected chi connectivity index (χ0v) is 21.2. The van der Waals surface area contributed by atoms with Crippen LogP contribution in [0.5, 0.6) is 17.2 Å². The van der Waals surface area contributed by atoms with Gasteiger partial charge in [-0.1, -0.05) is 24.3 Å². The van der Waals surface area contributed by atoms with Crippen molar-refractivity contribution in [2.24, 2.45) is 5.41 Å². The first-order chi connectivity index (χ1) is 17.1. The molecule has 0 spiro atoms. The maximum Gasteiger partial charge on any atom is 0.330 e. The Labute approximate surface area is 211 Å². The Kier molecular flexibility index (Phi) is 6.32. The first-order valence-electron chi connectivity index (χ1n) is 11.6. The third-order valence-electron chi connectivity index (χ3n) is 6.64. The van der Waals surface area contributed by atoms with Crippen molar-refractivity contribution in [1.82, 2.24) is 4.90 Å². The van der Waals surface area contributed by atoms with Gasteiger partial charge in [-0.2, -0.15) is 10.5 Å². The van der Waals surface area contributed by atoms with E-state index in [2.05, 4.69) is 12.1 Å². The van der Waals surface area contributed by atoms with Gasteiger partial charge in [-0.25, -0.2) is 4.79 Å². The second kappa shape index (κ2) is 9.13. The van der Waals surface area contributed by atoms with Crippen LogP contribution in [0.3, 0.4) is 0 Å². The fourth-order valence-electron chi connectivity index (χ4n) is 5.28. The highest BCUT2D eigenvalue weighted by Crippen LogP contribution is 2.60. The Morgan fingerprint density at radius 1 is 1.00 bits per heavy atom. The van der Waals surface area contributed by atoms with Crippen molar-refractivity contribution in [2.45, 2.75) is 44.4 Å². The van der Waals surface area contributed by atoms with Crippen molar-refractivity contribution in [2.75, 3.05) is 21.3 Å². The van der Waals surface area contributed by atoms with Crippen molar-refractivity contribution >= 4 is 12.0 Å². The smallest absolute Gasteiger partial charge is 0.330 e. The third kappa shape index (κ3) is 3.79. The predicted molar refractivity (Wildman–Crippen MR) is 132 cm³/mol. The molecule has 2 aromatic rings. The molecule has 1 fully saturated rings. The summed E-state index contributed by atoms with van der Waals surface area (Å²) in [6, 6.07) is 13.9. The second-order valence-electron chi connectivity index (χ2n) is 9.80. The molecule has 2 aliphatic rings. The van der Waals surface area contributed by atoms with E-state index in [9.17, 15) is 15.3 Å². The van der Waals surface area contributed by atoms with E-state index in [4.69, 9.17) is 18.9 Å². The molecule has 8 nitrogen and oxygen atoms in total. The summed E-state index contributed by atoms with van der Waals surface area (Å²) in [5, 5.41) is 21.3. The first kappa shape index (κ1) is 24.9. The predicted octanol–water partition coefficient (Wildman–Crippen LogP) is 4.58. The zero-order chi connectivity index (χ0) is 26.3.